The molecule has 0 heterocycles. The lowest BCUT2D eigenvalue weighted by atomic mass is 10.0. The molecule has 0 spiro atoms. The van der Waals surface area contributed by atoms with Crippen LogP contribution in [0.15, 0.2) is 78.9 Å². The van der Waals surface area contributed by atoms with Crippen molar-refractivity contribution in [2.45, 2.75) is 45.2 Å². The van der Waals surface area contributed by atoms with Crippen molar-refractivity contribution in [3.8, 4) is 5.75 Å². The van der Waals surface area contributed by atoms with Gasteiger partial charge in [-0.25, -0.2) is 8.42 Å². The van der Waals surface area contributed by atoms with Crippen LogP contribution in [0.4, 0.5) is 5.69 Å². The highest BCUT2D eigenvalue weighted by molar-refractivity contribution is 7.92. The predicted octanol–water partition coefficient (Wildman–Crippen LogP) is 5.06. The number of sulfonamides is 1. The van der Waals surface area contributed by atoms with Gasteiger partial charge >= 0.3 is 0 Å². The highest BCUT2D eigenvalue weighted by Crippen LogP contribution is 2.24. The van der Waals surface area contributed by atoms with E-state index in [1.54, 1.807) is 35.2 Å². The molecule has 0 aliphatic rings. The first-order valence-electron chi connectivity index (χ1n) is 13.6. The Morgan fingerprint density at radius 3 is 2.24 bits per heavy atom. The van der Waals surface area contributed by atoms with E-state index in [1.165, 1.54) is 11.4 Å². The number of hydrogen-bond acceptors (Lipinski definition) is 5. The van der Waals surface area contributed by atoms with Crippen LogP contribution in [0.1, 0.15) is 37.3 Å². The molecule has 220 valence electrons. The summed E-state index contributed by atoms with van der Waals surface area (Å²) in [6.45, 7) is 2.70. The Bertz CT molecular complexity index is 1380. The molecule has 3 rings (SSSR count). The number of ether oxygens (including phenoxy) is 1. The normalized spacial score (nSPS) is 11.9. The molecule has 0 fully saturated rings. The molecular formula is C31H38ClN3O5S. The lowest BCUT2D eigenvalue weighted by Gasteiger charge is -2.32. The second kappa shape index (κ2) is 15.4. The van der Waals surface area contributed by atoms with E-state index < -0.39 is 16.1 Å². The van der Waals surface area contributed by atoms with Gasteiger partial charge in [-0.15, -0.1) is 0 Å². The maximum atomic E-state index is 13.8. The van der Waals surface area contributed by atoms with E-state index in [9.17, 15) is 18.0 Å². The number of carbonyl (C=O) groups is 2. The fourth-order valence-corrected chi connectivity index (χ4v) is 5.64. The molecule has 1 N–H and O–H groups in total. The maximum absolute atomic E-state index is 13.8. The van der Waals surface area contributed by atoms with Gasteiger partial charge in [-0.1, -0.05) is 67.1 Å². The lowest BCUT2D eigenvalue weighted by molar-refractivity contribution is -0.141. The molecule has 3 aromatic carbocycles. The molecule has 2 amide bonds. The third-order valence-electron chi connectivity index (χ3n) is 6.63. The van der Waals surface area contributed by atoms with Crippen molar-refractivity contribution in [2.75, 3.05) is 30.8 Å². The summed E-state index contributed by atoms with van der Waals surface area (Å²) in [6, 6.07) is 22.7. The van der Waals surface area contributed by atoms with Gasteiger partial charge < -0.3 is 15.0 Å². The highest BCUT2D eigenvalue weighted by Gasteiger charge is 2.30. The minimum Gasteiger partial charge on any atom is -0.497 e. The number of rotatable bonds is 15. The van der Waals surface area contributed by atoms with Crippen LogP contribution in [0.3, 0.4) is 0 Å². The maximum Gasteiger partial charge on any atom is 0.243 e. The third kappa shape index (κ3) is 9.50. The number of nitrogens with one attached hydrogen (secondary N) is 1. The van der Waals surface area contributed by atoms with E-state index in [0.717, 1.165) is 23.8 Å². The Balaban J connectivity index is 1.87. The summed E-state index contributed by atoms with van der Waals surface area (Å²) in [4.78, 5) is 28.8. The summed E-state index contributed by atoms with van der Waals surface area (Å²) in [7, 11) is -2.07. The molecule has 3 aromatic rings. The summed E-state index contributed by atoms with van der Waals surface area (Å²) in [5.41, 5.74) is 2.12. The molecule has 1 unspecified atom stereocenters. The molecule has 0 aromatic heterocycles. The molecule has 0 aliphatic carbocycles. The molecule has 0 aliphatic heterocycles. The van der Waals surface area contributed by atoms with E-state index in [-0.39, 0.29) is 37.7 Å². The summed E-state index contributed by atoms with van der Waals surface area (Å²) >= 11 is 6.47. The Kier molecular flexibility index (Phi) is 12.0. The Morgan fingerprint density at radius 2 is 1.63 bits per heavy atom. The van der Waals surface area contributed by atoms with Crippen LogP contribution in [0.2, 0.25) is 5.02 Å². The molecule has 41 heavy (non-hydrogen) atoms. The van der Waals surface area contributed by atoms with Gasteiger partial charge in [-0.2, -0.15) is 0 Å². The zero-order valence-electron chi connectivity index (χ0n) is 23.8. The van der Waals surface area contributed by atoms with Gasteiger partial charge in [0.05, 0.1) is 19.1 Å². The molecule has 8 nitrogen and oxygen atoms in total. The van der Waals surface area contributed by atoms with E-state index in [2.05, 4.69) is 5.32 Å². The van der Waals surface area contributed by atoms with Crippen LogP contribution in [-0.4, -0.2) is 57.6 Å². The molecule has 0 bridgehead atoms. The minimum absolute atomic E-state index is 0.0406. The van der Waals surface area contributed by atoms with Gasteiger partial charge in [0.15, 0.2) is 0 Å². The smallest absolute Gasteiger partial charge is 0.243 e. The Hall–Kier alpha value is -3.56. The first-order chi connectivity index (χ1) is 19.6. The van der Waals surface area contributed by atoms with E-state index in [4.69, 9.17) is 16.3 Å². The second-order valence-electron chi connectivity index (χ2n) is 9.75. The van der Waals surface area contributed by atoms with Crippen LogP contribution in [0, 0.1) is 0 Å². The van der Waals surface area contributed by atoms with Crippen molar-refractivity contribution in [3.05, 3.63) is 95.0 Å². The monoisotopic (exact) mass is 599 g/mol. The van der Waals surface area contributed by atoms with Crippen molar-refractivity contribution in [2.24, 2.45) is 0 Å². The fraction of sp³-hybridized carbons (Fsp3) is 0.355. The fourth-order valence-electron chi connectivity index (χ4n) is 4.48. The lowest BCUT2D eigenvalue weighted by Crippen LogP contribution is -2.50. The molecule has 0 saturated carbocycles. The summed E-state index contributed by atoms with van der Waals surface area (Å²) < 4.78 is 31.7. The van der Waals surface area contributed by atoms with E-state index in [0.29, 0.717) is 29.4 Å². The number of benzene rings is 3. The van der Waals surface area contributed by atoms with Gasteiger partial charge in [0.1, 0.15) is 11.8 Å². The van der Waals surface area contributed by atoms with Gasteiger partial charge in [0.2, 0.25) is 21.8 Å². The van der Waals surface area contributed by atoms with Gasteiger partial charge in [0.25, 0.3) is 0 Å². The first kappa shape index (κ1) is 32.0. The average molecular weight is 600 g/mol. The van der Waals surface area contributed by atoms with Crippen LogP contribution in [-0.2, 0) is 32.6 Å². The Morgan fingerprint density at radius 1 is 0.976 bits per heavy atom. The molecule has 10 heteroatoms. The average Bonchev–Trinajstić information content (AvgIpc) is 2.96. The van der Waals surface area contributed by atoms with Crippen LogP contribution in [0.25, 0.3) is 0 Å². The zero-order chi connectivity index (χ0) is 29.8. The third-order valence-corrected chi connectivity index (χ3v) is 8.19. The quantitative estimate of drug-likeness (QED) is 0.263. The number of hydrogen-bond donors (Lipinski definition) is 1. The largest absolute Gasteiger partial charge is 0.497 e. The number of methoxy groups -OCH3 is 1. The first-order valence-corrected chi connectivity index (χ1v) is 15.8. The number of carbonyl (C=O) groups excluding carboxylic acids is 2. The molecule has 1 atom stereocenters. The van der Waals surface area contributed by atoms with E-state index >= 15 is 0 Å². The zero-order valence-corrected chi connectivity index (χ0v) is 25.3. The summed E-state index contributed by atoms with van der Waals surface area (Å²) in [5, 5.41) is 3.45. The standard InChI is InChI=1S/C31H38ClN3O5S/c1-4-20-33-31(37)29(22-24-11-6-5-7-12-24)34(23-25-13-8-9-14-28(25)32)30(36)15-10-21-35(41(3,38)39)26-16-18-27(40-2)19-17-26/h5-9,11-14,16-19,29H,4,10,15,20-23H2,1-3H3,(H,33,37). The number of halogens is 1. The highest BCUT2D eigenvalue weighted by atomic mass is 35.5. The van der Waals surface area contributed by atoms with Crippen molar-refractivity contribution < 1.29 is 22.7 Å². The summed E-state index contributed by atoms with van der Waals surface area (Å²) in [6.07, 6.45) is 2.52. The minimum atomic E-state index is -3.60. The van der Waals surface area contributed by atoms with Crippen LogP contribution < -0.4 is 14.4 Å². The van der Waals surface area contributed by atoms with Gasteiger partial charge in [-0.3, -0.25) is 13.9 Å². The SMILES string of the molecule is CCCNC(=O)C(Cc1ccccc1)N(Cc1ccccc1Cl)C(=O)CCCN(c1ccc(OC)cc1)S(C)(=O)=O. The number of nitrogens with zero attached hydrogens (tertiary/aromatic N) is 2. The van der Waals surface area contributed by atoms with Crippen molar-refractivity contribution in [1.82, 2.24) is 10.2 Å². The predicted molar refractivity (Wildman–Crippen MR) is 164 cm³/mol. The summed E-state index contributed by atoms with van der Waals surface area (Å²) in [5.74, 6) is 0.103. The molecule has 0 saturated heterocycles. The van der Waals surface area contributed by atoms with Crippen LogP contribution >= 0.6 is 11.6 Å². The topological polar surface area (TPSA) is 96.0 Å². The number of amides is 2. The van der Waals surface area contributed by atoms with Crippen molar-refractivity contribution in [1.29, 1.82) is 0 Å². The van der Waals surface area contributed by atoms with Crippen LogP contribution in [0.5, 0.6) is 5.75 Å². The number of anilines is 1. The molecular weight excluding hydrogens is 562 g/mol. The van der Waals surface area contributed by atoms with Crippen molar-refractivity contribution in [3.63, 3.8) is 0 Å². The van der Waals surface area contributed by atoms with E-state index in [1.807, 2.05) is 55.5 Å². The van der Waals surface area contributed by atoms with Gasteiger partial charge in [-0.05, 0) is 54.3 Å². The van der Waals surface area contributed by atoms with Crippen molar-refractivity contribution >= 4 is 39.1 Å². The van der Waals surface area contributed by atoms with Gasteiger partial charge in [0, 0.05) is 37.5 Å². The Labute approximate surface area is 248 Å². The second-order valence-corrected chi connectivity index (χ2v) is 12.1. The molecule has 0 radical (unpaired) electrons.